The number of ether oxygens (including phenoxy) is 2. The van der Waals surface area contributed by atoms with Crippen LogP contribution in [0.5, 0.6) is 5.75 Å². The van der Waals surface area contributed by atoms with Gasteiger partial charge in [-0.2, -0.15) is 0 Å². The Morgan fingerprint density at radius 3 is 2.59 bits per heavy atom. The predicted octanol–water partition coefficient (Wildman–Crippen LogP) is 2.69. The monoisotopic (exact) mass is 402 g/mol. The van der Waals surface area contributed by atoms with Crippen molar-refractivity contribution in [3.63, 3.8) is 0 Å². The van der Waals surface area contributed by atoms with Gasteiger partial charge in [0, 0.05) is 12.1 Å². The van der Waals surface area contributed by atoms with Gasteiger partial charge in [-0.25, -0.2) is 9.18 Å². The number of halogens is 1. The van der Waals surface area contributed by atoms with Gasteiger partial charge in [-0.05, 0) is 48.9 Å². The van der Waals surface area contributed by atoms with E-state index in [4.69, 9.17) is 9.47 Å². The first-order valence-electron chi connectivity index (χ1n) is 9.29. The molecule has 0 saturated carbocycles. The summed E-state index contributed by atoms with van der Waals surface area (Å²) in [6, 6.07) is 11.5. The third kappa shape index (κ3) is 5.68. The normalized spacial score (nSPS) is 18.9. The van der Waals surface area contributed by atoms with E-state index in [1.165, 1.54) is 36.4 Å². The fourth-order valence-corrected chi connectivity index (χ4v) is 2.93. The van der Waals surface area contributed by atoms with Gasteiger partial charge in [-0.15, -0.1) is 0 Å². The Morgan fingerprint density at radius 2 is 1.90 bits per heavy atom. The van der Waals surface area contributed by atoms with Crippen molar-refractivity contribution in [3.8, 4) is 5.75 Å². The van der Waals surface area contributed by atoms with E-state index in [9.17, 15) is 19.1 Å². The summed E-state index contributed by atoms with van der Waals surface area (Å²) in [4.78, 5) is 26.2. The van der Waals surface area contributed by atoms with Crippen LogP contribution in [0.4, 0.5) is 9.18 Å². The van der Waals surface area contributed by atoms with Crippen molar-refractivity contribution in [2.45, 2.75) is 25.7 Å². The summed E-state index contributed by atoms with van der Waals surface area (Å²) in [5, 5.41) is 12.1. The smallest absolute Gasteiger partial charge is 0.410 e. The van der Waals surface area contributed by atoms with E-state index in [-0.39, 0.29) is 49.3 Å². The van der Waals surface area contributed by atoms with Crippen LogP contribution in [-0.4, -0.2) is 53.8 Å². The van der Waals surface area contributed by atoms with Crippen LogP contribution < -0.4 is 5.32 Å². The summed E-state index contributed by atoms with van der Waals surface area (Å²) in [5.74, 6) is -0.558. The number of carbonyl (C=O) groups excluding carboxylic acids is 2. The zero-order valence-corrected chi connectivity index (χ0v) is 16.0. The fourth-order valence-electron chi connectivity index (χ4n) is 2.93. The molecule has 0 unspecified atom stereocenters. The fraction of sp³-hybridized carbons (Fsp3) is 0.333. The molecular weight excluding hydrogens is 379 g/mol. The van der Waals surface area contributed by atoms with Gasteiger partial charge in [0.25, 0.3) is 5.91 Å². The Balaban J connectivity index is 1.49. The van der Waals surface area contributed by atoms with Crippen LogP contribution in [-0.2, 0) is 16.1 Å². The summed E-state index contributed by atoms with van der Waals surface area (Å²) in [7, 11) is 0. The Hall–Kier alpha value is -3.13. The first kappa shape index (κ1) is 20.6. The zero-order chi connectivity index (χ0) is 20.8. The second-order valence-corrected chi connectivity index (χ2v) is 6.89. The van der Waals surface area contributed by atoms with Crippen LogP contribution in [0.1, 0.15) is 22.8 Å². The van der Waals surface area contributed by atoms with Crippen molar-refractivity contribution in [3.05, 3.63) is 65.5 Å². The molecule has 2 amide bonds. The molecule has 1 fully saturated rings. The maximum absolute atomic E-state index is 13.0. The number of phenolic OH excluding ortho intramolecular Hbond substituents is 1. The van der Waals surface area contributed by atoms with Gasteiger partial charge >= 0.3 is 6.09 Å². The number of carbonyl (C=O) groups is 2. The Kier molecular flexibility index (Phi) is 6.66. The molecular formula is C21H23FN2O5. The number of hydrogen-bond donors (Lipinski definition) is 2. The highest BCUT2D eigenvalue weighted by Gasteiger charge is 2.31. The van der Waals surface area contributed by atoms with Crippen molar-refractivity contribution in [1.29, 1.82) is 0 Å². The Morgan fingerprint density at radius 1 is 1.21 bits per heavy atom. The molecule has 2 aromatic rings. The molecule has 2 atom stereocenters. The van der Waals surface area contributed by atoms with E-state index >= 15 is 0 Å². The molecule has 1 aliphatic rings. The highest BCUT2D eigenvalue weighted by atomic mass is 19.1. The average molecular weight is 402 g/mol. The molecule has 0 spiro atoms. The standard InChI is InChI=1S/C21H23FN2O5/c1-14-12-28-19(10-23-20(26)16-4-8-18(25)9-5-16)11-24(14)21(27)29-13-15-2-6-17(22)7-3-15/h2-9,14,19,25H,10-13H2,1H3,(H,23,26)/t14-,19-/m1/s1. The van der Waals surface area contributed by atoms with Crippen LogP contribution in [0, 0.1) is 5.82 Å². The lowest BCUT2D eigenvalue weighted by molar-refractivity contribution is -0.0524. The summed E-state index contributed by atoms with van der Waals surface area (Å²) < 4.78 is 24.0. The van der Waals surface area contributed by atoms with Crippen molar-refractivity contribution in [2.75, 3.05) is 19.7 Å². The largest absolute Gasteiger partial charge is 0.508 e. The van der Waals surface area contributed by atoms with Crippen LogP contribution in [0.3, 0.4) is 0 Å². The van der Waals surface area contributed by atoms with Gasteiger partial charge in [0.05, 0.1) is 25.3 Å². The van der Waals surface area contributed by atoms with E-state index in [1.54, 1.807) is 17.0 Å². The van der Waals surface area contributed by atoms with E-state index in [1.807, 2.05) is 6.92 Å². The van der Waals surface area contributed by atoms with E-state index < -0.39 is 6.09 Å². The molecule has 3 rings (SSSR count). The number of rotatable bonds is 5. The lowest BCUT2D eigenvalue weighted by atomic mass is 10.2. The lowest BCUT2D eigenvalue weighted by Gasteiger charge is -2.37. The molecule has 7 nitrogen and oxygen atoms in total. The van der Waals surface area contributed by atoms with Gasteiger partial charge in [0.15, 0.2) is 0 Å². The summed E-state index contributed by atoms with van der Waals surface area (Å²) in [6.45, 7) is 2.73. The van der Waals surface area contributed by atoms with Crippen molar-refractivity contribution in [2.24, 2.45) is 0 Å². The number of hydrogen-bond acceptors (Lipinski definition) is 5. The highest BCUT2D eigenvalue weighted by Crippen LogP contribution is 2.15. The summed E-state index contributed by atoms with van der Waals surface area (Å²) in [5.41, 5.74) is 1.11. The number of phenols is 1. The van der Waals surface area contributed by atoms with Gasteiger partial charge in [-0.1, -0.05) is 12.1 Å². The quantitative estimate of drug-likeness (QED) is 0.803. The maximum Gasteiger partial charge on any atom is 0.410 e. The molecule has 0 bridgehead atoms. The van der Waals surface area contributed by atoms with Crippen molar-refractivity contribution >= 4 is 12.0 Å². The number of nitrogens with zero attached hydrogens (tertiary/aromatic N) is 1. The molecule has 1 saturated heterocycles. The van der Waals surface area contributed by atoms with E-state index in [0.717, 1.165) is 0 Å². The highest BCUT2D eigenvalue weighted by molar-refractivity contribution is 5.94. The second-order valence-electron chi connectivity index (χ2n) is 6.89. The minimum Gasteiger partial charge on any atom is -0.508 e. The molecule has 0 aromatic heterocycles. The first-order chi connectivity index (χ1) is 13.9. The molecule has 8 heteroatoms. The molecule has 0 radical (unpaired) electrons. The number of amides is 2. The van der Waals surface area contributed by atoms with Crippen molar-refractivity contribution in [1.82, 2.24) is 10.2 Å². The van der Waals surface area contributed by atoms with Crippen molar-refractivity contribution < 1.29 is 28.6 Å². The molecule has 1 heterocycles. The van der Waals surface area contributed by atoms with Crippen LogP contribution in [0.15, 0.2) is 48.5 Å². The Bertz CT molecular complexity index is 841. The van der Waals surface area contributed by atoms with Gasteiger partial charge < -0.3 is 24.8 Å². The second kappa shape index (κ2) is 9.38. The molecule has 154 valence electrons. The molecule has 29 heavy (non-hydrogen) atoms. The number of benzene rings is 2. The summed E-state index contributed by atoms with van der Waals surface area (Å²) in [6.07, 6.45) is -0.856. The minimum atomic E-state index is -0.486. The maximum atomic E-state index is 13.0. The van der Waals surface area contributed by atoms with Gasteiger partial charge in [0.2, 0.25) is 0 Å². The third-order valence-electron chi connectivity index (χ3n) is 4.64. The van der Waals surface area contributed by atoms with E-state index in [0.29, 0.717) is 17.7 Å². The number of nitrogens with one attached hydrogen (secondary N) is 1. The summed E-state index contributed by atoms with van der Waals surface area (Å²) >= 11 is 0. The molecule has 2 N–H and O–H groups in total. The van der Waals surface area contributed by atoms with Crippen LogP contribution >= 0.6 is 0 Å². The third-order valence-corrected chi connectivity index (χ3v) is 4.64. The first-order valence-corrected chi connectivity index (χ1v) is 9.29. The van der Waals surface area contributed by atoms with E-state index in [2.05, 4.69) is 5.32 Å². The lowest BCUT2D eigenvalue weighted by Crippen LogP contribution is -2.53. The zero-order valence-electron chi connectivity index (χ0n) is 16.0. The number of aromatic hydroxyl groups is 1. The molecule has 2 aromatic carbocycles. The van der Waals surface area contributed by atoms with Crippen LogP contribution in [0.2, 0.25) is 0 Å². The van der Waals surface area contributed by atoms with Gasteiger partial charge in [-0.3, -0.25) is 4.79 Å². The Labute approximate surface area is 168 Å². The average Bonchev–Trinajstić information content (AvgIpc) is 2.72. The predicted molar refractivity (Wildman–Crippen MR) is 103 cm³/mol. The minimum absolute atomic E-state index is 0.0471. The molecule has 0 aliphatic carbocycles. The number of morpholine rings is 1. The van der Waals surface area contributed by atoms with Gasteiger partial charge in [0.1, 0.15) is 18.2 Å². The van der Waals surface area contributed by atoms with Crippen LogP contribution in [0.25, 0.3) is 0 Å². The topological polar surface area (TPSA) is 88.1 Å². The SMILES string of the molecule is C[C@@H]1CO[C@H](CNC(=O)c2ccc(O)cc2)CN1C(=O)OCc1ccc(F)cc1. The molecule has 1 aliphatic heterocycles.